The summed E-state index contributed by atoms with van der Waals surface area (Å²) < 4.78 is 5.40. The molecular weight excluding hydrogens is 198 g/mol. The summed E-state index contributed by atoms with van der Waals surface area (Å²) in [6, 6.07) is 3.86. The fourth-order valence-electron chi connectivity index (χ4n) is 1.52. The van der Waals surface area contributed by atoms with E-state index in [-0.39, 0.29) is 0 Å². The second kappa shape index (κ2) is 4.56. The fourth-order valence-corrected chi connectivity index (χ4v) is 1.95. The van der Waals surface area contributed by atoms with Crippen LogP contribution in [0.15, 0.2) is 12.1 Å². The van der Waals surface area contributed by atoms with Gasteiger partial charge in [-0.3, -0.25) is 0 Å². The van der Waals surface area contributed by atoms with Gasteiger partial charge in [-0.2, -0.15) is 0 Å². The maximum Gasteiger partial charge on any atom is 0.121 e. The molecule has 78 valence electrons. The number of anilines is 1. The van der Waals surface area contributed by atoms with Crippen LogP contribution in [0.5, 0.6) is 5.75 Å². The van der Waals surface area contributed by atoms with Gasteiger partial charge < -0.3 is 9.64 Å². The van der Waals surface area contributed by atoms with E-state index in [1.54, 1.807) is 0 Å². The van der Waals surface area contributed by atoms with Crippen LogP contribution in [0.1, 0.15) is 12.5 Å². The van der Waals surface area contributed by atoms with E-state index in [2.05, 4.69) is 0 Å². The molecule has 0 atom stereocenters. The lowest BCUT2D eigenvalue weighted by Gasteiger charge is -2.18. The maximum atomic E-state index is 6.14. The molecule has 1 aromatic rings. The minimum Gasteiger partial charge on any atom is -0.494 e. The van der Waals surface area contributed by atoms with Crippen LogP contribution in [-0.4, -0.2) is 20.7 Å². The smallest absolute Gasteiger partial charge is 0.121 e. The Balaban J connectivity index is 3.11. The van der Waals surface area contributed by atoms with Crippen molar-refractivity contribution in [1.82, 2.24) is 0 Å². The minimum atomic E-state index is 0.664. The monoisotopic (exact) mass is 213 g/mol. The second-order valence-corrected chi connectivity index (χ2v) is 3.81. The molecule has 1 rings (SSSR count). The molecular formula is C11H16ClNO. The average Bonchev–Trinajstić information content (AvgIpc) is 2.01. The van der Waals surface area contributed by atoms with Gasteiger partial charge in [0.05, 0.1) is 17.3 Å². The molecule has 0 aliphatic heterocycles. The topological polar surface area (TPSA) is 12.5 Å². The van der Waals surface area contributed by atoms with Crippen LogP contribution < -0.4 is 9.64 Å². The van der Waals surface area contributed by atoms with Crippen molar-refractivity contribution in [3.05, 3.63) is 22.7 Å². The number of aryl methyl sites for hydroxylation is 1. The molecule has 0 saturated carbocycles. The Morgan fingerprint density at radius 1 is 1.36 bits per heavy atom. The molecule has 0 unspecified atom stereocenters. The first-order chi connectivity index (χ1) is 6.56. The van der Waals surface area contributed by atoms with E-state index in [0.29, 0.717) is 6.61 Å². The number of halogens is 1. The van der Waals surface area contributed by atoms with Crippen LogP contribution in [-0.2, 0) is 0 Å². The van der Waals surface area contributed by atoms with Crippen molar-refractivity contribution in [2.24, 2.45) is 0 Å². The van der Waals surface area contributed by atoms with Gasteiger partial charge in [-0.1, -0.05) is 11.6 Å². The van der Waals surface area contributed by atoms with Crippen molar-refractivity contribution in [2.75, 3.05) is 25.6 Å². The second-order valence-electron chi connectivity index (χ2n) is 3.40. The fraction of sp³-hybridized carbons (Fsp3) is 0.455. The summed E-state index contributed by atoms with van der Waals surface area (Å²) in [5.74, 6) is 0.834. The lowest BCUT2D eigenvalue weighted by atomic mass is 10.2. The van der Waals surface area contributed by atoms with Gasteiger partial charge >= 0.3 is 0 Å². The van der Waals surface area contributed by atoms with Crippen molar-refractivity contribution >= 4 is 17.3 Å². The molecule has 0 amide bonds. The van der Waals surface area contributed by atoms with Crippen molar-refractivity contribution in [2.45, 2.75) is 13.8 Å². The number of nitrogens with zero attached hydrogens (tertiary/aromatic N) is 1. The van der Waals surface area contributed by atoms with Crippen molar-refractivity contribution in [1.29, 1.82) is 0 Å². The highest BCUT2D eigenvalue weighted by atomic mass is 35.5. The molecule has 0 spiro atoms. The van der Waals surface area contributed by atoms with Crippen LogP contribution in [0.2, 0.25) is 5.02 Å². The summed E-state index contributed by atoms with van der Waals surface area (Å²) in [4.78, 5) is 2.01. The van der Waals surface area contributed by atoms with Gasteiger partial charge in [0.25, 0.3) is 0 Å². The first kappa shape index (κ1) is 11.2. The summed E-state index contributed by atoms with van der Waals surface area (Å²) in [7, 11) is 3.96. The lowest BCUT2D eigenvalue weighted by molar-refractivity contribution is 0.340. The Hall–Kier alpha value is -0.890. The van der Waals surface area contributed by atoms with Crippen LogP contribution in [0.4, 0.5) is 5.69 Å². The molecule has 0 heterocycles. The molecule has 0 aromatic heterocycles. The summed E-state index contributed by atoms with van der Waals surface area (Å²) >= 11 is 6.14. The highest BCUT2D eigenvalue weighted by molar-refractivity contribution is 6.33. The standard InChI is InChI=1S/C11H16ClNO/c1-5-14-9-6-8(2)11(13(3)4)10(12)7-9/h6-7H,5H2,1-4H3. The van der Waals surface area contributed by atoms with Crippen LogP contribution in [0.25, 0.3) is 0 Å². The van der Waals surface area contributed by atoms with Gasteiger partial charge in [0.15, 0.2) is 0 Å². The number of hydrogen-bond acceptors (Lipinski definition) is 2. The molecule has 2 nitrogen and oxygen atoms in total. The van der Waals surface area contributed by atoms with E-state index < -0.39 is 0 Å². The Labute approximate surface area is 90.4 Å². The van der Waals surface area contributed by atoms with E-state index in [4.69, 9.17) is 16.3 Å². The van der Waals surface area contributed by atoms with Gasteiger partial charge in [-0.15, -0.1) is 0 Å². The van der Waals surface area contributed by atoms with Crippen molar-refractivity contribution in [3.63, 3.8) is 0 Å². The van der Waals surface area contributed by atoms with Gasteiger partial charge in [-0.25, -0.2) is 0 Å². The Morgan fingerprint density at radius 2 is 2.00 bits per heavy atom. The SMILES string of the molecule is CCOc1cc(C)c(N(C)C)c(Cl)c1. The molecule has 0 N–H and O–H groups in total. The van der Waals surface area contributed by atoms with E-state index in [1.807, 2.05) is 45.0 Å². The number of rotatable bonds is 3. The van der Waals surface area contributed by atoms with Gasteiger partial charge in [0.1, 0.15) is 5.75 Å². The van der Waals surface area contributed by atoms with E-state index in [1.165, 1.54) is 0 Å². The largest absolute Gasteiger partial charge is 0.494 e. The maximum absolute atomic E-state index is 6.14. The Bertz CT molecular complexity index is 300. The van der Waals surface area contributed by atoms with E-state index >= 15 is 0 Å². The summed E-state index contributed by atoms with van der Waals surface area (Å²) in [5.41, 5.74) is 2.18. The zero-order valence-electron chi connectivity index (χ0n) is 9.10. The molecule has 14 heavy (non-hydrogen) atoms. The number of ether oxygens (including phenoxy) is 1. The predicted octanol–water partition coefficient (Wildman–Crippen LogP) is 3.11. The summed E-state index contributed by atoms with van der Waals surface area (Å²) in [5, 5.41) is 0.735. The number of benzene rings is 1. The molecule has 0 saturated heterocycles. The third-order valence-corrected chi connectivity index (χ3v) is 2.27. The quantitative estimate of drug-likeness (QED) is 0.765. The van der Waals surface area contributed by atoms with E-state index in [9.17, 15) is 0 Å². The predicted molar refractivity (Wildman–Crippen MR) is 61.7 cm³/mol. The number of hydrogen-bond donors (Lipinski definition) is 0. The third-order valence-electron chi connectivity index (χ3n) is 1.99. The zero-order chi connectivity index (χ0) is 10.7. The molecule has 1 aromatic carbocycles. The summed E-state index contributed by atoms with van der Waals surface area (Å²) in [6.45, 7) is 4.66. The van der Waals surface area contributed by atoms with Crippen LogP contribution in [0.3, 0.4) is 0 Å². The highest BCUT2D eigenvalue weighted by Gasteiger charge is 2.08. The molecule has 0 aliphatic carbocycles. The van der Waals surface area contributed by atoms with Crippen molar-refractivity contribution < 1.29 is 4.74 Å². The normalized spacial score (nSPS) is 10.1. The Morgan fingerprint density at radius 3 is 2.43 bits per heavy atom. The molecule has 0 aliphatic rings. The van der Waals surface area contributed by atoms with E-state index in [0.717, 1.165) is 22.0 Å². The lowest BCUT2D eigenvalue weighted by Crippen LogP contribution is -2.11. The Kier molecular flexibility index (Phi) is 3.64. The average molecular weight is 214 g/mol. The summed E-state index contributed by atoms with van der Waals surface area (Å²) in [6.07, 6.45) is 0. The first-order valence-corrected chi connectivity index (χ1v) is 5.04. The molecule has 0 bridgehead atoms. The highest BCUT2D eigenvalue weighted by Crippen LogP contribution is 2.32. The first-order valence-electron chi connectivity index (χ1n) is 4.66. The van der Waals surface area contributed by atoms with Crippen LogP contribution >= 0.6 is 11.6 Å². The molecule has 3 heteroatoms. The zero-order valence-corrected chi connectivity index (χ0v) is 9.85. The van der Waals surface area contributed by atoms with Crippen LogP contribution in [0, 0.1) is 6.92 Å². The molecule has 0 radical (unpaired) electrons. The van der Waals surface area contributed by atoms with Gasteiger partial charge in [-0.05, 0) is 25.5 Å². The minimum absolute atomic E-state index is 0.664. The van der Waals surface area contributed by atoms with Crippen molar-refractivity contribution in [3.8, 4) is 5.75 Å². The van der Waals surface area contributed by atoms with Gasteiger partial charge in [0.2, 0.25) is 0 Å². The molecule has 0 fully saturated rings. The third kappa shape index (κ3) is 2.32. The van der Waals surface area contributed by atoms with Gasteiger partial charge in [0, 0.05) is 20.2 Å².